The number of ether oxygens (including phenoxy) is 1. The van der Waals surface area contributed by atoms with E-state index < -0.39 is 6.36 Å². The first-order valence-corrected chi connectivity index (χ1v) is 10.1. The molecule has 2 nitrogen and oxygen atoms in total. The van der Waals surface area contributed by atoms with Crippen LogP contribution in [0, 0.1) is 5.82 Å². The molecule has 7 heteroatoms. The third-order valence-electron chi connectivity index (χ3n) is 4.87. The first-order valence-electron chi connectivity index (χ1n) is 9.26. The van der Waals surface area contributed by atoms with Gasteiger partial charge in [0.1, 0.15) is 11.6 Å². The van der Waals surface area contributed by atoms with E-state index >= 15 is 0 Å². The van der Waals surface area contributed by atoms with Gasteiger partial charge in [-0.2, -0.15) is 0 Å². The number of aliphatic imine (C=N–C) groups is 1. The van der Waals surface area contributed by atoms with Gasteiger partial charge in [0.05, 0.1) is 6.04 Å². The highest BCUT2D eigenvalue weighted by atomic mass is 32.1. The van der Waals surface area contributed by atoms with Gasteiger partial charge >= 0.3 is 6.36 Å². The summed E-state index contributed by atoms with van der Waals surface area (Å²) in [4.78, 5) is 5.72. The van der Waals surface area contributed by atoms with Crippen LogP contribution in [-0.2, 0) is 0 Å². The summed E-state index contributed by atoms with van der Waals surface area (Å²) in [6, 6.07) is 12.6. The number of rotatable bonds is 5. The van der Waals surface area contributed by atoms with Gasteiger partial charge in [0.15, 0.2) is 0 Å². The van der Waals surface area contributed by atoms with Crippen molar-refractivity contribution in [3.05, 3.63) is 82.3 Å². The third-order valence-corrected chi connectivity index (χ3v) is 5.90. The normalized spacial score (nSPS) is 16.4. The Labute approximate surface area is 175 Å². The highest BCUT2D eigenvalue weighted by molar-refractivity contribution is 7.10. The summed E-state index contributed by atoms with van der Waals surface area (Å²) in [5, 5.41) is 1.88. The summed E-state index contributed by atoms with van der Waals surface area (Å²) in [5.41, 5.74) is 3.34. The Morgan fingerprint density at radius 1 is 1.10 bits per heavy atom. The molecule has 0 fully saturated rings. The minimum atomic E-state index is -4.73. The largest absolute Gasteiger partial charge is 0.573 e. The van der Waals surface area contributed by atoms with E-state index in [1.54, 1.807) is 24.3 Å². The molecule has 0 spiro atoms. The van der Waals surface area contributed by atoms with Crippen molar-refractivity contribution < 1.29 is 22.3 Å². The molecule has 3 aromatic rings. The van der Waals surface area contributed by atoms with Gasteiger partial charge in [-0.3, -0.25) is 4.99 Å². The highest BCUT2D eigenvalue weighted by Gasteiger charge is 2.31. The molecule has 0 N–H and O–H groups in total. The van der Waals surface area contributed by atoms with E-state index in [0.717, 1.165) is 16.9 Å². The zero-order valence-electron chi connectivity index (χ0n) is 15.7. The fourth-order valence-corrected chi connectivity index (χ4v) is 4.54. The third kappa shape index (κ3) is 4.31. The fraction of sp³-hybridized carbons (Fsp3) is 0.174. The van der Waals surface area contributed by atoms with E-state index in [9.17, 15) is 17.6 Å². The van der Waals surface area contributed by atoms with E-state index in [2.05, 4.69) is 11.3 Å². The van der Waals surface area contributed by atoms with Crippen LogP contribution in [0.5, 0.6) is 5.75 Å². The average Bonchev–Trinajstić information content (AvgIpc) is 3.36. The number of nitrogens with zero attached hydrogens (tertiary/aromatic N) is 1. The molecule has 0 amide bonds. The van der Waals surface area contributed by atoms with Crippen molar-refractivity contribution in [2.75, 3.05) is 0 Å². The topological polar surface area (TPSA) is 21.6 Å². The molecule has 0 bridgehead atoms. The molecule has 1 atom stereocenters. The Hall–Kier alpha value is -2.93. The zero-order chi connectivity index (χ0) is 21.3. The standard InChI is InChI=1S/C23H17F4NOS/c1-2-14-5-4-8-18(24)22(14)20-10-9-19(28-20)21-12-16(13-30-21)15-6-3-7-17(11-15)29-23(25,26)27/h2-8,11-13,19H,1,9-10H2. The van der Waals surface area contributed by atoms with Gasteiger partial charge in [0.2, 0.25) is 0 Å². The van der Waals surface area contributed by atoms with Gasteiger partial charge in [-0.25, -0.2) is 4.39 Å². The van der Waals surface area contributed by atoms with Crippen molar-refractivity contribution in [3.8, 4) is 16.9 Å². The number of halogens is 4. The van der Waals surface area contributed by atoms with Crippen LogP contribution in [0.3, 0.4) is 0 Å². The summed E-state index contributed by atoms with van der Waals surface area (Å²) in [6.07, 6.45) is -1.72. The number of alkyl halides is 3. The summed E-state index contributed by atoms with van der Waals surface area (Å²) in [6.45, 7) is 3.75. The maximum atomic E-state index is 14.4. The lowest BCUT2D eigenvalue weighted by Gasteiger charge is -2.09. The van der Waals surface area contributed by atoms with Crippen LogP contribution in [0.25, 0.3) is 17.2 Å². The van der Waals surface area contributed by atoms with Gasteiger partial charge < -0.3 is 4.74 Å². The zero-order valence-corrected chi connectivity index (χ0v) is 16.6. The monoisotopic (exact) mass is 431 g/mol. The predicted molar refractivity (Wildman–Crippen MR) is 111 cm³/mol. The van der Waals surface area contributed by atoms with E-state index in [-0.39, 0.29) is 17.6 Å². The van der Waals surface area contributed by atoms with Crippen molar-refractivity contribution in [1.82, 2.24) is 0 Å². The second-order valence-electron chi connectivity index (χ2n) is 6.85. The quantitative estimate of drug-likeness (QED) is 0.385. The molecule has 1 unspecified atom stereocenters. The maximum Gasteiger partial charge on any atom is 0.573 e. The first kappa shape index (κ1) is 20.3. The summed E-state index contributed by atoms with van der Waals surface area (Å²) in [7, 11) is 0. The molecule has 154 valence electrons. The molecule has 2 aromatic carbocycles. The molecule has 1 aliphatic heterocycles. The van der Waals surface area contributed by atoms with Crippen LogP contribution in [0.2, 0.25) is 0 Å². The smallest absolute Gasteiger partial charge is 0.406 e. The molecular weight excluding hydrogens is 414 g/mol. The Kier molecular flexibility index (Phi) is 5.47. The number of hydrogen-bond acceptors (Lipinski definition) is 3. The fourth-order valence-electron chi connectivity index (χ4n) is 3.55. The van der Waals surface area contributed by atoms with E-state index in [0.29, 0.717) is 28.8 Å². The predicted octanol–water partition coefficient (Wildman–Crippen LogP) is 7.42. The summed E-state index contributed by atoms with van der Waals surface area (Å²) in [5.74, 6) is -0.578. The Bertz CT molecular complexity index is 1120. The Balaban J connectivity index is 1.59. The Morgan fingerprint density at radius 2 is 1.90 bits per heavy atom. The lowest BCUT2D eigenvalue weighted by molar-refractivity contribution is -0.274. The van der Waals surface area contributed by atoms with Crippen LogP contribution in [-0.4, -0.2) is 12.1 Å². The maximum absolute atomic E-state index is 14.4. The van der Waals surface area contributed by atoms with Crippen LogP contribution in [0.15, 0.2) is 65.5 Å². The van der Waals surface area contributed by atoms with Crippen molar-refractivity contribution in [2.45, 2.75) is 25.2 Å². The van der Waals surface area contributed by atoms with Crippen LogP contribution < -0.4 is 4.74 Å². The van der Waals surface area contributed by atoms with Gasteiger partial charge in [-0.05, 0) is 59.2 Å². The second kappa shape index (κ2) is 8.07. The molecule has 2 heterocycles. The van der Waals surface area contributed by atoms with Gasteiger partial charge in [0, 0.05) is 16.2 Å². The minimum absolute atomic E-state index is 0.106. The highest BCUT2D eigenvalue weighted by Crippen LogP contribution is 2.38. The van der Waals surface area contributed by atoms with Crippen LogP contribution in [0.4, 0.5) is 17.6 Å². The Morgan fingerprint density at radius 3 is 2.67 bits per heavy atom. The number of benzene rings is 2. The molecule has 0 saturated carbocycles. The number of hydrogen-bond donors (Lipinski definition) is 0. The molecule has 1 aliphatic rings. The van der Waals surface area contributed by atoms with Crippen LogP contribution in [0.1, 0.15) is 34.9 Å². The molecule has 0 saturated heterocycles. The summed E-state index contributed by atoms with van der Waals surface area (Å²) >= 11 is 1.49. The lowest BCUT2D eigenvalue weighted by Crippen LogP contribution is -2.17. The van der Waals surface area contributed by atoms with Gasteiger partial charge in [-0.15, -0.1) is 24.5 Å². The van der Waals surface area contributed by atoms with Gasteiger partial charge in [-0.1, -0.05) is 36.9 Å². The van der Waals surface area contributed by atoms with Crippen molar-refractivity contribution in [2.24, 2.45) is 4.99 Å². The summed E-state index contributed by atoms with van der Waals surface area (Å²) < 4.78 is 55.8. The van der Waals surface area contributed by atoms with E-state index in [1.807, 2.05) is 11.4 Å². The minimum Gasteiger partial charge on any atom is -0.406 e. The second-order valence-corrected chi connectivity index (χ2v) is 7.79. The molecule has 0 radical (unpaired) electrons. The van der Waals surface area contributed by atoms with Crippen molar-refractivity contribution >= 4 is 23.1 Å². The molecular formula is C23H17F4NOS. The van der Waals surface area contributed by atoms with E-state index in [1.165, 1.54) is 35.6 Å². The van der Waals surface area contributed by atoms with E-state index in [4.69, 9.17) is 4.99 Å². The lowest BCUT2D eigenvalue weighted by atomic mass is 10.00. The first-order chi connectivity index (χ1) is 14.3. The molecule has 0 aliphatic carbocycles. The van der Waals surface area contributed by atoms with Crippen molar-refractivity contribution in [3.63, 3.8) is 0 Å². The van der Waals surface area contributed by atoms with Crippen molar-refractivity contribution in [1.29, 1.82) is 0 Å². The molecule has 1 aromatic heterocycles. The average molecular weight is 431 g/mol. The SMILES string of the molecule is C=Cc1cccc(F)c1C1=NC(c2cc(-c3cccc(OC(F)(F)F)c3)cs2)CC1. The molecule has 30 heavy (non-hydrogen) atoms. The van der Waals surface area contributed by atoms with Gasteiger partial charge in [0.25, 0.3) is 0 Å². The molecule has 4 rings (SSSR count). The van der Waals surface area contributed by atoms with Crippen LogP contribution >= 0.6 is 11.3 Å². The number of thiophene rings is 1.